The normalized spacial score (nSPS) is 14.1. The van der Waals surface area contributed by atoms with Crippen molar-refractivity contribution >= 4 is 34.7 Å². The van der Waals surface area contributed by atoms with E-state index in [4.69, 9.17) is 32.4 Å². The topological polar surface area (TPSA) is 197 Å². The summed E-state index contributed by atoms with van der Waals surface area (Å²) < 4.78 is 11.3. The lowest BCUT2D eigenvalue weighted by atomic mass is 10.1. The largest absolute Gasteiger partial charge is 0.490 e. The molecule has 1 aliphatic rings. The standard InChI is InChI=1S/C23H32N8O4/c24-17-11-15(21(26)32)13-19(35-10-7-31-5-8-34-9-6-31)20(17)28-3-1-2-4-29-23-18(25)12-16(14-30-23)22(27)33/h1-2,11-14,28H,3-10,24-25H2,(H2,26,32)(H2,27,33)(H,29,30)/b2-1+. The van der Waals surface area contributed by atoms with Crippen molar-refractivity contribution in [2.75, 3.05) is 74.6 Å². The molecule has 10 N–H and O–H groups in total. The SMILES string of the molecule is NC(=O)c1cnc(NC/C=C/CNc2c(N)cc(C(N)=O)cc2OCCN2CCOCC2)c(N)c1. The predicted octanol–water partition coefficient (Wildman–Crippen LogP) is 0.235. The number of carbonyl (C=O) groups is 2. The van der Waals surface area contributed by atoms with E-state index in [1.165, 1.54) is 18.3 Å². The minimum Gasteiger partial charge on any atom is -0.490 e. The molecule has 0 atom stereocenters. The fourth-order valence-corrected chi connectivity index (χ4v) is 3.44. The third-order valence-electron chi connectivity index (χ3n) is 5.34. The Labute approximate surface area is 203 Å². The van der Waals surface area contributed by atoms with E-state index in [2.05, 4.69) is 20.5 Å². The van der Waals surface area contributed by atoms with Crippen molar-refractivity contribution in [3.8, 4) is 5.75 Å². The molecule has 1 saturated heterocycles. The number of pyridine rings is 1. The molecule has 0 spiro atoms. The van der Waals surface area contributed by atoms with Gasteiger partial charge in [0.15, 0.2) is 0 Å². The number of amides is 2. The quantitative estimate of drug-likeness (QED) is 0.179. The van der Waals surface area contributed by atoms with Crippen molar-refractivity contribution in [1.82, 2.24) is 9.88 Å². The van der Waals surface area contributed by atoms with Crippen LogP contribution in [0.25, 0.3) is 0 Å². The molecule has 2 amide bonds. The number of nitrogens with one attached hydrogen (secondary N) is 2. The van der Waals surface area contributed by atoms with Gasteiger partial charge in [-0.2, -0.15) is 0 Å². The zero-order chi connectivity index (χ0) is 25.2. The summed E-state index contributed by atoms with van der Waals surface area (Å²) in [6, 6.07) is 4.59. The van der Waals surface area contributed by atoms with Gasteiger partial charge >= 0.3 is 0 Å². The molecule has 12 nitrogen and oxygen atoms in total. The van der Waals surface area contributed by atoms with Crippen LogP contribution in [-0.2, 0) is 4.74 Å². The van der Waals surface area contributed by atoms with E-state index in [1.54, 1.807) is 6.07 Å². The van der Waals surface area contributed by atoms with Gasteiger partial charge in [0, 0.05) is 44.5 Å². The summed E-state index contributed by atoms with van der Waals surface area (Å²) in [6.07, 6.45) is 5.13. The van der Waals surface area contributed by atoms with Gasteiger partial charge in [-0.25, -0.2) is 4.98 Å². The van der Waals surface area contributed by atoms with E-state index in [0.29, 0.717) is 61.5 Å². The summed E-state index contributed by atoms with van der Waals surface area (Å²) in [5.74, 6) is -0.252. The van der Waals surface area contributed by atoms with Gasteiger partial charge in [0.1, 0.15) is 23.9 Å². The lowest BCUT2D eigenvalue weighted by Gasteiger charge is -2.26. The van der Waals surface area contributed by atoms with Crippen LogP contribution in [0.3, 0.4) is 0 Å². The van der Waals surface area contributed by atoms with E-state index in [-0.39, 0.29) is 11.1 Å². The molecule has 2 heterocycles. The molecule has 0 unspecified atom stereocenters. The van der Waals surface area contributed by atoms with E-state index < -0.39 is 11.8 Å². The maximum Gasteiger partial charge on any atom is 0.250 e. The zero-order valence-electron chi connectivity index (χ0n) is 19.5. The van der Waals surface area contributed by atoms with Crippen LogP contribution in [-0.4, -0.2) is 74.2 Å². The van der Waals surface area contributed by atoms with E-state index in [1.807, 2.05) is 12.2 Å². The molecule has 0 bridgehead atoms. The Balaban J connectivity index is 1.55. The molecule has 3 rings (SSSR count). The van der Waals surface area contributed by atoms with E-state index in [0.717, 1.165) is 19.6 Å². The second-order valence-electron chi connectivity index (χ2n) is 7.86. The highest BCUT2D eigenvalue weighted by Crippen LogP contribution is 2.32. The summed E-state index contributed by atoms with van der Waals surface area (Å²) in [7, 11) is 0. The van der Waals surface area contributed by atoms with Crippen LogP contribution in [0.2, 0.25) is 0 Å². The van der Waals surface area contributed by atoms with Gasteiger partial charge in [0.25, 0.3) is 0 Å². The average Bonchev–Trinajstić information content (AvgIpc) is 2.83. The average molecular weight is 485 g/mol. The minimum absolute atomic E-state index is 0.246. The van der Waals surface area contributed by atoms with Gasteiger partial charge in [-0.3, -0.25) is 14.5 Å². The lowest BCUT2D eigenvalue weighted by Crippen LogP contribution is -2.38. The molecule has 1 aromatic heterocycles. The molecule has 188 valence electrons. The fraction of sp³-hybridized carbons (Fsp3) is 0.348. The first kappa shape index (κ1) is 25.6. The summed E-state index contributed by atoms with van der Waals surface area (Å²) in [4.78, 5) is 29.2. The van der Waals surface area contributed by atoms with Crippen LogP contribution in [0.15, 0.2) is 36.5 Å². The molecule has 0 radical (unpaired) electrons. The van der Waals surface area contributed by atoms with Gasteiger partial charge in [-0.05, 0) is 18.2 Å². The summed E-state index contributed by atoms with van der Waals surface area (Å²) in [6.45, 7) is 5.18. The number of benzene rings is 1. The molecule has 1 fully saturated rings. The van der Waals surface area contributed by atoms with Crippen molar-refractivity contribution in [2.24, 2.45) is 11.5 Å². The number of morpholine rings is 1. The van der Waals surface area contributed by atoms with Crippen molar-refractivity contribution in [2.45, 2.75) is 0 Å². The first-order valence-electron chi connectivity index (χ1n) is 11.2. The molecule has 1 aromatic carbocycles. The summed E-state index contributed by atoms with van der Waals surface area (Å²) >= 11 is 0. The number of anilines is 4. The molecule has 35 heavy (non-hydrogen) atoms. The van der Waals surface area contributed by atoms with Crippen LogP contribution in [0.1, 0.15) is 20.7 Å². The highest BCUT2D eigenvalue weighted by atomic mass is 16.5. The highest BCUT2D eigenvalue weighted by Gasteiger charge is 2.14. The van der Waals surface area contributed by atoms with Crippen LogP contribution in [0, 0.1) is 0 Å². The van der Waals surface area contributed by atoms with Gasteiger partial charge in [-0.15, -0.1) is 0 Å². The smallest absolute Gasteiger partial charge is 0.250 e. The van der Waals surface area contributed by atoms with Crippen LogP contribution < -0.4 is 38.3 Å². The molecule has 12 heteroatoms. The number of rotatable bonds is 12. The van der Waals surface area contributed by atoms with Gasteiger partial charge in [0.05, 0.1) is 30.2 Å². The van der Waals surface area contributed by atoms with Gasteiger partial charge < -0.3 is 43.0 Å². The number of nitrogens with zero attached hydrogens (tertiary/aromatic N) is 2. The van der Waals surface area contributed by atoms with Gasteiger partial charge in [-0.1, -0.05) is 12.2 Å². The molecule has 0 saturated carbocycles. The molecule has 1 aliphatic heterocycles. The van der Waals surface area contributed by atoms with Crippen LogP contribution >= 0.6 is 0 Å². The Morgan fingerprint density at radius 1 is 1.00 bits per heavy atom. The van der Waals surface area contributed by atoms with Crippen LogP contribution in [0.5, 0.6) is 5.75 Å². The number of aromatic nitrogens is 1. The van der Waals surface area contributed by atoms with Crippen molar-refractivity contribution in [1.29, 1.82) is 0 Å². The maximum atomic E-state index is 11.7. The molecule has 0 aliphatic carbocycles. The van der Waals surface area contributed by atoms with Gasteiger partial charge in [0.2, 0.25) is 11.8 Å². The lowest BCUT2D eigenvalue weighted by molar-refractivity contribution is 0.0323. The second-order valence-corrected chi connectivity index (χ2v) is 7.86. The molecule has 2 aromatic rings. The summed E-state index contributed by atoms with van der Waals surface area (Å²) in [5, 5.41) is 6.29. The second kappa shape index (κ2) is 12.4. The minimum atomic E-state index is -0.589. The fourth-order valence-electron chi connectivity index (χ4n) is 3.44. The highest BCUT2D eigenvalue weighted by molar-refractivity contribution is 5.96. The van der Waals surface area contributed by atoms with Crippen molar-refractivity contribution in [3.05, 3.63) is 47.7 Å². The monoisotopic (exact) mass is 484 g/mol. The van der Waals surface area contributed by atoms with Crippen molar-refractivity contribution < 1.29 is 19.1 Å². The Hall–Kier alpha value is -4.03. The third kappa shape index (κ3) is 7.48. The number of hydrogen-bond acceptors (Lipinski definition) is 10. The summed E-state index contributed by atoms with van der Waals surface area (Å²) in [5.41, 5.74) is 24.5. The first-order valence-corrected chi connectivity index (χ1v) is 11.2. The Morgan fingerprint density at radius 2 is 1.66 bits per heavy atom. The Bertz CT molecular complexity index is 1070. The van der Waals surface area contributed by atoms with Crippen molar-refractivity contribution in [3.63, 3.8) is 0 Å². The number of carbonyl (C=O) groups excluding carboxylic acids is 2. The van der Waals surface area contributed by atoms with E-state index in [9.17, 15) is 9.59 Å². The number of primary amides is 2. The van der Waals surface area contributed by atoms with E-state index >= 15 is 0 Å². The number of nitrogen functional groups attached to an aromatic ring is 2. The molecular weight excluding hydrogens is 452 g/mol. The number of hydrogen-bond donors (Lipinski definition) is 6. The number of ether oxygens (including phenoxy) is 2. The third-order valence-corrected chi connectivity index (χ3v) is 5.34. The predicted molar refractivity (Wildman–Crippen MR) is 135 cm³/mol. The first-order chi connectivity index (χ1) is 16.8. The molecular formula is C23H32N8O4. The maximum absolute atomic E-state index is 11.7. The zero-order valence-corrected chi connectivity index (χ0v) is 19.5. The number of nitrogens with two attached hydrogens (primary N) is 4. The van der Waals surface area contributed by atoms with Crippen LogP contribution in [0.4, 0.5) is 22.9 Å². The Kier molecular flexibility index (Phi) is 9.09. The Morgan fingerprint density at radius 3 is 2.31 bits per heavy atom.